The van der Waals surface area contributed by atoms with Crippen LogP contribution in [0.5, 0.6) is 5.75 Å². The number of carbonyl (C=O) groups is 3. The summed E-state index contributed by atoms with van der Waals surface area (Å²) in [7, 11) is 3.44. The highest BCUT2D eigenvalue weighted by atomic mass is 16.5. The third-order valence-electron chi connectivity index (χ3n) is 8.21. The Morgan fingerprint density at radius 3 is 2.20 bits per heavy atom. The van der Waals surface area contributed by atoms with Gasteiger partial charge in [-0.2, -0.15) is 0 Å². The Kier molecular flexibility index (Phi) is 22.0. The van der Waals surface area contributed by atoms with Gasteiger partial charge >= 0.3 is 0 Å². The summed E-state index contributed by atoms with van der Waals surface area (Å²) in [6.45, 7) is 19.4. The number of aldehydes is 1. The van der Waals surface area contributed by atoms with Crippen molar-refractivity contribution in [3.05, 3.63) is 70.3 Å². The van der Waals surface area contributed by atoms with E-state index in [0.717, 1.165) is 66.8 Å². The van der Waals surface area contributed by atoms with Crippen LogP contribution in [0.3, 0.4) is 0 Å². The molecule has 46 heavy (non-hydrogen) atoms. The van der Waals surface area contributed by atoms with E-state index < -0.39 is 5.41 Å². The number of hydrogen-bond acceptors (Lipinski definition) is 6. The van der Waals surface area contributed by atoms with Gasteiger partial charge < -0.3 is 24.3 Å². The molecule has 0 spiro atoms. The van der Waals surface area contributed by atoms with E-state index >= 15 is 0 Å². The van der Waals surface area contributed by atoms with Crippen molar-refractivity contribution in [3.8, 4) is 5.75 Å². The van der Waals surface area contributed by atoms with Gasteiger partial charge in [0.2, 0.25) is 0 Å². The average Bonchev–Trinajstić information content (AvgIpc) is 3.37. The Morgan fingerprint density at radius 1 is 1.04 bits per heavy atom. The standard InChI is InChI=1S/C22H31NO3.C11H16O.C4H10O.C2H4O/c1-7-15(4)22(6,16(5)24)13-26-20-14(3)11-18-12-17(9-10-19(18)20)21(25)23-8-2;1-3-4-7-10-8-5-6-9-11(10)12-2;1-3-4-5-2;1-2-3/h9-10,12,15H,7-8,11,13H2,1-6H3,(H,23,25);5-6,8-9H,3-4,7H2,1-2H3;3-4H2,1-2H3;2H,1H3. The van der Waals surface area contributed by atoms with E-state index in [0.29, 0.717) is 18.7 Å². The minimum Gasteiger partial charge on any atom is -0.496 e. The lowest BCUT2D eigenvalue weighted by Gasteiger charge is -2.33. The van der Waals surface area contributed by atoms with Crippen LogP contribution in [0.25, 0.3) is 5.76 Å². The molecule has 1 amide bonds. The number of hydrogen-bond donors (Lipinski definition) is 1. The highest BCUT2D eigenvalue weighted by molar-refractivity contribution is 5.95. The van der Waals surface area contributed by atoms with Crippen LogP contribution in [0.1, 0.15) is 115 Å². The van der Waals surface area contributed by atoms with Gasteiger partial charge in [0.15, 0.2) is 0 Å². The van der Waals surface area contributed by atoms with Gasteiger partial charge in [-0.3, -0.25) is 9.59 Å². The molecule has 0 aliphatic heterocycles. The predicted molar refractivity (Wildman–Crippen MR) is 190 cm³/mol. The first kappa shape index (κ1) is 42.6. The maximum atomic E-state index is 12.2. The molecule has 2 atom stereocenters. The van der Waals surface area contributed by atoms with E-state index in [1.807, 2.05) is 44.2 Å². The summed E-state index contributed by atoms with van der Waals surface area (Å²) in [5, 5.41) is 2.83. The maximum Gasteiger partial charge on any atom is 0.251 e. The van der Waals surface area contributed by atoms with Crippen molar-refractivity contribution in [1.82, 2.24) is 5.32 Å². The molecule has 1 aliphatic carbocycles. The number of allylic oxidation sites excluding steroid dienone is 1. The molecule has 7 heteroatoms. The third kappa shape index (κ3) is 13.9. The quantitative estimate of drug-likeness (QED) is 0.208. The van der Waals surface area contributed by atoms with Crippen LogP contribution in [0.15, 0.2) is 48.0 Å². The molecule has 2 aromatic rings. The van der Waals surface area contributed by atoms with E-state index in [9.17, 15) is 9.59 Å². The summed E-state index contributed by atoms with van der Waals surface area (Å²) >= 11 is 0. The summed E-state index contributed by atoms with van der Waals surface area (Å²) in [5.41, 5.74) is 4.78. The molecule has 0 saturated heterocycles. The zero-order chi connectivity index (χ0) is 35.1. The fraction of sp³-hybridized carbons (Fsp3) is 0.564. The third-order valence-corrected chi connectivity index (χ3v) is 8.21. The molecule has 0 radical (unpaired) electrons. The normalized spacial score (nSPS) is 13.2. The van der Waals surface area contributed by atoms with Crippen molar-refractivity contribution in [2.24, 2.45) is 11.3 Å². The molecule has 0 heterocycles. The Hall–Kier alpha value is -3.45. The molecule has 7 nitrogen and oxygen atoms in total. The summed E-state index contributed by atoms with van der Waals surface area (Å²) in [6.07, 6.45) is 7.18. The minimum absolute atomic E-state index is 0.0525. The molecule has 0 fully saturated rings. The van der Waals surface area contributed by atoms with Gasteiger partial charge in [-0.05, 0) is 101 Å². The summed E-state index contributed by atoms with van der Waals surface area (Å²) in [4.78, 5) is 33.1. The van der Waals surface area contributed by atoms with E-state index in [1.165, 1.54) is 25.3 Å². The van der Waals surface area contributed by atoms with Crippen LogP contribution in [-0.2, 0) is 31.9 Å². The van der Waals surface area contributed by atoms with Gasteiger partial charge in [0.05, 0.1) is 12.5 Å². The second-order valence-electron chi connectivity index (χ2n) is 11.7. The van der Waals surface area contributed by atoms with Gasteiger partial charge in [-0.1, -0.05) is 64.8 Å². The number of methoxy groups -OCH3 is 2. The van der Waals surface area contributed by atoms with Gasteiger partial charge in [-0.25, -0.2) is 0 Å². The van der Waals surface area contributed by atoms with Crippen molar-refractivity contribution in [3.63, 3.8) is 0 Å². The first-order valence-corrected chi connectivity index (χ1v) is 16.7. The van der Waals surface area contributed by atoms with Crippen LogP contribution < -0.4 is 10.1 Å². The number of Topliss-reactive ketones (excluding diaryl/α,β-unsaturated/α-hetero) is 1. The lowest BCUT2D eigenvalue weighted by Crippen LogP contribution is -2.37. The highest BCUT2D eigenvalue weighted by Gasteiger charge is 2.37. The summed E-state index contributed by atoms with van der Waals surface area (Å²) < 4.78 is 16.1. The van der Waals surface area contributed by atoms with Crippen molar-refractivity contribution in [2.75, 3.05) is 34.0 Å². The maximum absolute atomic E-state index is 12.2. The monoisotopic (exact) mass is 639 g/mol. The first-order valence-electron chi connectivity index (χ1n) is 16.7. The smallest absolute Gasteiger partial charge is 0.251 e. The molecular formula is C39H61NO6. The van der Waals surface area contributed by atoms with Crippen LogP contribution in [0.2, 0.25) is 0 Å². The number of carbonyl (C=O) groups excluding carboxylic acids is 3. The molecule has 2 aromatic carbocycles. The SMILES string of the molecule is CC=O.CCCCc1ccccc1OC.CCCOC.CCNC(=O)c1ccc2c(c1)CC(C)=C2OCC(C)(C(C)=O)C(C)CC. The number of aryl methyl sites for hydroxylation is 1. The molecule has 0 saturated carbocycles. The number of fused-ring (bicyclic) bond motifs is 1. The van der Waals surface area contributed by atoms with Gasteiger partial charge in [0.1, 0.15) is 30.2 Å². The minimum atomic E-state index is -0.494. The number of ether oxygens (including phenoxy) is 3. The number of rotatable bonds is 14. The number of benzene rings is 2. The molecule has 1 N–H and O–H groups in total. The van der Waals surface area contributed by atoms with Crippen LogP contribution in [0.4, 0.5) is 0 Å². The second-order valence-corrected chi connectivity index (χ2v) is 11.7. The number of amides is 1. The number of para-hydroxylation sites is 1. The fourth-order valence-electron chi connectivity index (χ4n) is 4.91. The molecule has 0 aromatic heterocycles. The molecule has 3 rings (SSSR count). The zero-order valence-electron chi connectivity index (χ0n) is 30.5. The molecule has 2 unspecified atom stereocenters. The average molecular weight is 640 g/mol. The van der Waals surface area contributed by atoms with E-state index in [1.54, 1.807) is 21.1 Å². The van der Waals surface area contributed by atoms with Gasteiger partial charge in [-0.15, -0.1) is 0 Å². The lowest BCUT2D eigenvalue weighted by molar-refractivity contribution is -0.131. The molecule has 0 bridgehead atoms. The van der Waals surface area contributed by atoms with Gasteiger partial charge in [0, 0.05) is 31.4 Å². The fourth-order valence-corrected chi connectivity index (χ4v) is 4.91. The largest absolute Gasteiger partial charge is 0.496 e. The topological polar surface area (TPSA) is 90.9 Å². The van der Waals surface area contributed by atoms with Gasteiger partial charge in [0.25, 0.3) is 5.91 Å². The molecule has 1 aliphatic rings. The highest BCUT2D eigenvalue weighted by Crippen LogP contribution is 2.38. The number of unbranched alkanes of at least 4 members (excludes halogenated alkanes) is 1. The van der Waals surface area contributed by atoms with Crippen LogP contribution in [0, 0.1) is 11.3 Å². The molecule has 258 valence electrons. The summed E-state index contributed by atoms with van der Waals surface area (Å²) in [5.74, 6) is 2.24. The second kappa shape index (κ2) is 23.8. The Labute approximate surface area is 279 Å². The first-order chi connectivity index (χ1) is 21.9. The van der Waals surface area contributed by atoms with Crippen molar-refractivity contribution < 1.29 is 28.6 Å². The van der Waals surface area contributed by atoms with E-state index in [-0.39, 0.29) is 17.6 Å². The Balaban J connectivity index is 0.000000831. The van der Waals surface area contributed by atoms with E-state index in [4.69, 9.17) is 19.0 Å². The lowest BCUT2D eigenvalue weighted by atomic mass is 9.74. The zero-order valence-corrected chi connectivity index (χ0v) is 30.5. The van der Waals surface area contributed by atoms with Crippen molar-refractivity contribution in [2.45, 2.75) is 101 Å². The predicted octanol–water partition coefficient (Wildman–Crippen LogP) is 8.67. The summed E-state index contributed by atoms with van der Waals surface area (Å²) in [6, 6.07) is 14.0. The number of ketones is 1. The van der Waals surface area contributed by atoms with Crippen LogP contribution in [-0.4, -0.2) is 52.0 Å². The van der Waals surface area contributed by atoms with Crippen LogP contribution >= 0.6 is 0 Å². The van der Waals surface area contributed by atoms with Crippen molar-refractivity contribution >= 4 is 23.7 Å². The Bertz CT molecular complexity index is 1220. The van der Waals surface area contributed by atoms with Crippen molar-refractivity contribution in [1.29, 1.82) is 0 Å². The number of nitrogens with one attached hydrogen (secondary N) is 1. The Morgan fingerprint density at radius 2 is 1.70 bits per heavy atom. The van der Waals surface area contributed by atoms with E-state index in [2.05, 4.69) is 52.1 Å². The molecular weight excluding hydrogens is 578 g/mol.